The monoisotopic (exact) mass is 297 g/mol. The lowest BCUT2D eigenvalue weighted by Gasteiger charge is -2.38. The molecule has 0 atom stereocenters. The maximum absolute atomic E-state index is 11.5. The highest BCUT2D eigenvalue weighted by atomic mass is 16.2. The molecule has 4 heteroatoms. The molecule has 2 heterocycles. The van der Waals surface area contributed by atoms with Crippen molar-refractivity contribution in [1.29, 1.82) is 0 Å². The Hall–Kier alpha value is -2.10. The van der Waals surface area contributed by atoms with Crippen LogP contribution in [0.5, 0.6) is 0 Å². The summed E-state index contributed by atoms with van der Waals surface area (Å²) in [7, 11) is 1.91. The van der Waals surface area contributed by atoms with Crippen molar-refractivity contribution in [2.45, 2.75) is 32.7 Å². The van der Waals surface area contributed by atoms with Gasteiger partial charge in [-0.05, 0) is 31.9 Å². The number of carbonyl (C=O) groups is 1. The largest absolute Gasteiger partial charge is 0.371 e. The molecule has 0 radical (unpaired) electrons. The Morgan fingerprint density at radius 1 is 1.27 bits per heavy atom. The van der Waals surface area contributed by atoms with Gasteiger partial charge in [0, 0.05) is 49.9 Å². The summed E-state index contributed by atoms with van der Waals surface area (Å²) in [5.74, 6) is 0.156. The third-order valence-electron chi connectivity index (χ3n) is 4.67. The molecule has 0 spiro atoms. The predicted octanol–water partition coefficient (Wildman–Crippen LogP) is 2.99. The molecule has 2 aromatic rings. The van der Waals surface area contributed by atoms with E-state index in [1.807, 2.05) is 24.9 Å². The van der Waals surface area contributed by atoms with E-state index in [0.717, 1.165) is 37.1 Å². The molecular weight excluding hydrogens is 274 g/mol. The molecule has 1 aromatic carbocycles. The van der Waals surface area contributed by atoms with E-state index in [0.29, 0.717) is 6.04 Å². The fraction of sp³-hybridized carbons (Fsp3) is 0.444. The van der Waals surface area contributed by atoms with Gasteiger partial charge in [-0.2, -0.15) is 0 Å². The number of pyridine rings is 1. The number of fused-ring (bicyclic) bond motifs is 1. The first-order valence-corrected chi connectivity index (χ1v) is 7.91. The van der Waals surface area contributed by atoms with E-state index in [-0.39, 0.29) is 5.91 Å². The van der Waals surface area contributed by atoms with Gasteiger partial charge >= 0.3 is 0 Å². The molecule has 0 unspecified atom stereocenters. The van der Waals surface area contributed by atoms with Gasteiger partial charge in [-0.3, -0.25) is 9.78 Å². The molecule has 0 bridgehead atoms. The molecule has 1 aliphatic heterocycles. The summed E-state index contributed by atoms with van der Waals surface area (Å²) in [6.07, 6.45) is 2.04. The van der Waals surface area contributed by atoms with Gasteiger partial charge in [0.2, 0.25) is 5.91 Å². The van der Waals surface area contributed by atoms with Crippen LogP contribution < -0.4 is 4.90 Å². The summed E-state index contributed by atoms with van der Waals surface area (Å²) in [6.45, 7) is 5.66. The molecule has 1 fully saturated rings. The number of amides is 1. The average Bonchev–Trinajstić information content (AvgIpc) is 2.53. The predicted molar refractivity (Wildman–Crippen MR) is 90.2 cm³/mol. The van der Waals surface area contributed by atoms with E-state index in [1.165, 1.54) is 11.1 Å². The van der Waals surface area contributed by atoms with Gasteiger partial charge in [0.25, 0.3) is 0 Å². The lowest BCUT2D eigenvalue weighted by Crippen LogP contribution is -2.45. The molecule has 0 N–H and O–H groups in total. The van der Waals surface area contributed by atoms with Crippen molar-refractivity contribution in [1.82, 2.24) is 9.88 Å². The Balaban J connectivity index is 1.83. The molecule has 3 rings (SSSR count). The van der Waals surface area contributed by atoms with Crippen molar-refractivity contribution in [2.24, 2.45) is 0 Å². The lowest BCUT2D eigenvalue weighted by atomic mass is 10.0. The van der Waals surface area contributed by atoms with Crippen LogP contribution in [0.15, 0.2) is 30.3 Å². The zero-order valence-electron chi connectivity index (χ0n) is 13.5. The van der Waals surface area contributed by atoms with Gasteiger partial charge in [0.05, 0.1) is 5.52 Å². The number of para-hydroxylation sites is 1. The number of rotatable bonds is 2. The summed E-state index contributed by atoms with van der Waals surface area (Å²) in [6, 6.07) is 10.9. The van der Waals surface area contributed by atoms with Gasteiger partial charge < -0.3 is 9.80 Å². The highest BCUT2D eigenvalue weighted by Crippen LogP contribution is 2.29. The zero-order chi connectivity index (χ0) is 15.7. The smallest absolute Gasteiger partial charge is 0.219 e. The Bertz CT molecular complexity index is 690. The fourth-order valence-electron chi connectivity index (χ4n) is 3.30. The average molecular weight is 297 g/mol. The normalized spacial score (nSPS) is 16.0. The van der Waals surface area contributed by atoms with Gasteiger partial charge in [0.1, 0.15) is 0 Å². The van der Waals surface area contributed by atoms with Crippen LogP contribution in [0, 0.1) is 6.92 Å². The highest BCUT2D eigenvalue weighted by Gasteiger charge is 2.24. The molecule has 1 saturated heterocycles. The molecule has 0 aliphatic carbocycles. The third-order valence-corrected chi connectivity index (χ3v) is 4.67. The number of hydrogen-bond donors (Lipinski definition) is 0. The molecule has 22 heavy (non-hydrogen) atoms. The third kappa shape index (κ3) is 2.78. The molecule has 1 aromatic heterocycles. The molecule has 1 aliphatic rings. The first-order chi connectivity index (χ1) is 10.6. The quantitative estimate of drug-likeness (QED) is 0.855. The molecule has 116 valence electrons. The van der Waals surface area contributed by atoms with Crippen molar-refractivity contribution >= 4 is 22.5 Å². The zero-order valence-corrected chi connectivity index (χ0v) is 13.5. The topological polar surface area (TPSA) is 36.4 Å². The first kappa shape index (κ1) is 14.8. The van der Waals surface area contributed by atoms with Crippen LogP contribution in [0.25, 0.3) is 10.9 Å². The Kier molecular flexibility index (Phi) is 4.01. The summed E-state index contributed by atoms with van der Waals surface area (Å²) in [4.78, 5) is 20.5. The van der Waals surface area contributed by atoms with Gasteiger partial charge in [-0.1, -0.05) is 18.2 Å². The van der Waals surface area contributed by atoms with E-state index in [9.17, 15) is 4.79 Å². The van der Waals surface area contributed by atoms with Crippen LogP contribution in [-0.4, -0.2) is 42.0 Å². The van der Waals surface area contributed by atoms with Crippen molar-refractivity contribution < 1.29 is 4.79 Å². The summed E-state index contributed by atoms with van der Waals surface area (Å²) >= 11 is 0. The minimum Gasteiger partial charge on any atom is -0.371 e. The Labute approximate surface area is 131 Å². The Morgan fingerprint density at radius 3 is 2.64 bits per heavy atom. The van der Waals surface area contributed by atoms with Crippen LogP contribution in [0.4, 0.5) is 5.69 Å². The van der Waals surface area contributed by atoms with E-state index in [2.05, 4.69) is 34.1 Å². The first-order valence-electron chi connectivity index (χ1n) is 7.91. The van der Waals surface area contributed by atoms with Crippen molar-refractivity contribution in [3.8, 4) is 0 Å². The van der Waals surface area contributed by atoms with E-state index in [1.54, 1.807) is 6.92 Å². The SMILES string of the molecule is CC(=O)N(C)C1CCN(c2cc(C)nc3ccccc23)CC1. The van der Waals surface area contributed by atoms with Crippen LogP contribution in [-0.2, 0) is 4.79 Å². The van der Waals surface area contributed by atoms with Crippen LogP contribution >= 0.6 is 0 Å². The number of hydrogen-bond acceptors (Lipinski definition) is 3. The number of piperidine rings is 1. The van der Waals surface area contributed by atoms with Crippen molar-refractivity contribution in [2.75, 3.05) is 25.0 Å². The number of anilines is 1. The number of benzene rings is 1. The maximum atomic E-state index is 11.5. The minimum absolute atomic E-state index is 0.156. The maximum Gasteiger partial charge on any atom is 0.219 e. The minimum atomic E-state index is 0.156. The van der Waals surface area contributed by atoms with Crippen LogP contribution in [0.2, 0.25) is 0 Å². The van der Waals surface area contributed by atoms with Gasteiger partial charge in [-0.15, -0.1) is 0 Å². The molecule has 0 saturated carbocycles. The number of aromatic nitrogens is 1. The Morgan fingerprint density at radius 2 is 1.95 bits per heavy atom. The van der Waals surface area contributed by atoms with E-state index < -0.39 is 0 Å². The summed E-state index contributed by atoms with van der Waals surface area (Å²) in [5, 5.41) is 1.21. The molecule has 4 nitrogen and oxygen atoms in total. The second kappa shape index (κ2) is 5.95. The second-order valence-electron chi connectivity index (χ2n) is 6.15. The summed E-state index contributed by atoms with van der Waals surface area (Å²) in [5.41, 5.74) is 3.38. The van der Waals surface area contributed by atoms with E-state index in [4.69, 9.17) is 0 Å². The van der Waals surface area contributed by atoms with Gasteiger partial charge in [-0.25, -0.2) is 0 Å². The van der Waals surface area contributed by atoms with Gasteiger partial charge in [0.15, 0.2) is 0 Å². The lowest BCUT2D eigenvalue weighted by molar-refractivity contribution is -0.129. The number of nitrogens with zero attached hydrogens (tertiary/aromatic N) is 3. The van der Waals surface area contributed by atoms with Crippen molar-refractivity contribution in [3.63, 3.8) is 0 Å². The number of carbonyl (C=O) groups excluding carboxylic acids is 1. The summed E-state index contributed by atoms with van der Waals surface area (Å²) < 4.78 is 0. The molecular formula is C18H23N3O. The van der Waals surface area contributed by atoms with Crippen molar-refractivity contribution in [3.05, 3.63) is 36.0 Å². The van der Waals surface area contributed by atoms with Crippen LogP contribution in [0.1, 0.15) is 25.5 Å². The standard InChI is InChI=1S/C18H23N3O/c1-13-12-18(16-6-4-5-7-17(16)19-13)21-10-8-15(9-11-21)20(3)14(2)22/h4-7,12,15H,8-11H2,1-3H3. The highest BCUT2D eigenvalue weighted by molar-refractivity contribution is 5.92. The fourth-order valence-corrected chi connectivity index (χ4v) is 3.30. The molecule has 1 amide bonds. The van der Waals surface area contributed by atoms with E-state index >= 15 is 0 Å². The van der Waals surface area contributed by atoms with Crippen LogP contribution in [0.3, 0.4) is 0 Å². The number of aryl methyl sites for hydroxylation is 1. The second-order valence-corrected chi connectivity index (χ2v) is 6.15.